The number of Topliss-reactive ketones (excluding diaryl/α,β-unsaturated/α-hetero) is 1. The summed E-state index contributed by atoms with van der Waals surface area (Å²) in [7, 11) is 1.36. The van der Waals surface area contributed by atoms with E-state index in [2.05, 4.69) is 15.0 Å². The largest absolute Gasteiger partial charge is 0.463 e. The molecule has 0 saturated carbocycles. The molecule has 0 spiro atoms. The van der Waals surface area contributed by atoms with Gasteiger partial charge in [0.2, 0.25) is 11.5 Å². The third kappa shape index (κ3) is 3.86. The lowest BCUT2D eigenvalue weighted by atomic mass is 9.93. The molecule has 3 heterocycles. The summed E-state index contributed by atoms with van der Waals surface area (Å²) in [4.78, 5) is 50.0. The summed E-state index contributed by atoms with van der Waals surface area (Å²) in [5.41, 5.74) is 4.76. The molecule has 12 heteroatoms. The van der Waals surface area contributed by atoms with Crippen LogP contribution in [0.2, 0.25) is 0 Å². The molecular weight excluding hydrogens is 446 g/mol. The summed E-state index contributed by atoms with van der Waals surface area (Å²) < 4.78 is 24.1. The Balaban J connectivity index is 1.95. The highest BCUT2D eigenvalue weighted by molar-refractivity contribution is 6.02. The zero-order chi connectivity index (χ0) is 24.5. The van der Waals surface area contributed by atoms with Crippen molar-refractivity contribution in [3.05, 3.63) is 48.5 Å². The van der Waals surface area contributed by atoms with E-state index in [1.807, 2.05) is 0 Å². The minimum atomic E-state index is -1.93. The van der Waals surface area contributed by atoms with Crippen LogP contribution >= 0.6 is 0 Å². The van der Waals surface area contributed by atoms with Gasteiger partial charge in [-0.25, -0.2) is 15.0 Å². The minimum Gasteiger partial charge on any atom is -0.463 e. The molecule has 34 heavy (non-hydrogen) atoms. The van der Waals surface area contributed by atoms with Crippen LogP contribution in [0.3, 0.4) is 0 Å². The summed E-state index contributed by atoms with van der Waals surface area (Å²) in [5.74, 6) is -1.61. The number of esters is 2. The number of aromatic nitrogens is 4. The Bertz CT molecular complexity index is 1230. The normalized spacial score (nSPS) is 24.1. The average Bonchev–Trinajstić information content (AvgIpc) is 3.38. The molecule has 0 bridgehead atoms. The van der Waals surface area contributed by atoms with E-state index in [1.165, 1.54) is 38.2 Å². The lowest BCUT2D eigenvalue weighted by Gasteiger charge is -2.34. The van der Waals surface area contributed by atoms with Crippen LogP contribution in [0.4, 0.5) is 5.82 Å². The van der Waals surface area contributed by atoms with Crippen molar-refractivity contribution in [2.75, 3.05) is 19.5 Å². The number of methoxy groups -OCH3 is 1. The van der Waals surface area contributed by atoms with Crippen LogP contribution in [-0.4, -0.2) is 69.3 Å². The first-order valence-electron chi connectivity index (χ1n) is 10.3. The highest BCUT2D eigenvalue weighted by atomic mass is 16.7. The van der Waals surface area contributed by atoms with Gasteiger partial charge in [-0.2, -0.15) is 0 Å². The van der Waals surface area contributed by atoms with E-state index in [0.29, 0.717) is 5.56 Å². The molecule has 4 atom stereocenters. The number of carbonyl (C=O) groups is 3. The molecule has 1 aromatic carbocycles. The number of imidazole rings is 1. The Hall–Kier alpha value is -3.90. The van der Waals surface area contributed by atoms with Gasteiger partial charge in [-0.1, -0.05) is 30.3 Å². The van der Waals surface area contributed by atoms with Crippen molar-refractivity contribution in [1.82, 2.24) is 19.5 Å². The predicted molar refractivity (Wildman–Crippen MR) is 116 cm³/mol. The number of carbonyl (C=O) groups excluding carboxylic acids is 3. The summed E-state index contributed by atoms with van der Waals surface area (Å²) in [6, 6.07) is 8.39. The van der Waals surface area contributed by atoms with Crippen LogP contribution in [-0.2, 0) is 34.3 Å². The number of ketones is 1. The van der Waals surface area contributed by atoms with Gasteiger partial charge in [0, 0.05) is 26.5 Å². The van der Waals surface area contributed by atoms with Crippen molar-refractivity contribution < 1.29 is 33.3 Å². The Morgan fingerprint density at radius 2 is 1.85 bits per heavy atom. The topological polar surface area (TPSA) is 158 Å². The van der Waals surface area contributed by atoms with Crippen LogP contribution in [0.15, 0.2) is 43.0 Å². The zero-order valence-electron chi connectivity index (χ0n) is 18.7. The van der Waals surface area contributed by atoms with E-state index < -0.39 is 41.8 Å². The average molecular weight is 469 g/mol. The number of nitrogens with zero attached hydrogens (tertiary/aromatic N) is 4. The minimum absolute atomic E-state index is 0.103. The van der Waals surface area contributed by atoms with Crippen molar-refractivity contribution in [3.63, 3.8) is 0 Å². The summed E-state index contributed by atoms with van der Waals surface area (Å²) in [6.07, 6.45) is -0.749. The molecule has 0 amide bonds. The van der Waals surface area contributed by atoms with Gasteiger partial charge in [-0.15, -0.1) is 0 Å². The molecule has 1 fully saturated rings. The van der Waals surface area contributed by atoms with Gasteiger partial charge in [-0.05, 0) is 0 Å². The SMILES string of the molecule is CO[C@@H]1[C@H](OC(C)=O)[C@@H](COC(C)=O)O[C@@]1(C(=O)c1ccccc1)n1cnc2c(N)ncnc21. The zero-order valence-corrected chi connectivity index (χ0v) is 18.7. The number of nitrogen functional groups attached to an aromatic ring is 1. The predicted octanol–water partition coefficient (Wildman–Crippen LogP) is 0.853. The van der Waals surface area contributed by atoms with Crippen molar-refractivity contribution >= 4 is 34.7 Å². The van der Waals surface area contributed by atoms with Gasteiger partial charge < -0.3 is 24.7 Å². The van der Waals surface area contributed by atoms with E-state index in [4.69, 9.17) is 24.7 Å². The van der Waals surface area contributed by atoms with Crippen LogP contribution < -0.4 is 5.73 Å². The Labute approximate surface area is 194 Å². The number of ether oxygens (including phenoxy) is 4. The van der Waals surface area contributed by atoms with Gasteiger partial charge in [-0.3, -0.25) is 19.0 Å². The monoisotopic (exact) mass is 469 g/mol. The van der Waals surface area contributed by atoms with Crippen LogP contribution in [0.1, 0.15) is 24.2 Å². The first-order valence-corrected chi connectivity index (χ1v) is 10.3. The lowest BCUT2D eigenvalue weighted by Crippen LogP contribution is -2.53. The molecule has 0 aliphatic carbocycles. The lowest BCUT2D eigenvalue weighted by molar-refractivity contribution is -0.158. The number of hydrogen-bond donors (Lipinski definition) is 1. The maximum atomic E-state index is 14.1. The molecule has 0 radical (unpaired) electrons. The number of anilines is 1. The second-order valence-corrected chi connectivity index (χ2v) is 7.63. The highest BCUT2D eigenvalue weighted by Crippen LogP contribution is 2.43. The van der Waals surface area contributed by atoms with E-state index in [0.717, 1.165) is 0 Å². The van der Waals surface area contributed by atoms with Crippen molar-refractivity contribution in [2.24, 2.45) is 0 Å². The molecule has 1 aliphatic heterocycles. The molecule has 0 unspecified atom stereocenters. The second kappa shape index (κ2) is 9.15. The maximum Gasteiger partial charge on any atom is 0.303 e. The Morgan fingerprint density at radius 1 is 1.12 bits per heavy atom. The standard InChI is InChI=1S/C22H23N5O7/c1-12(28)32-9-15-17(33-13(2)29)19(31-3)22(34-15,18(30)14-7-5-4-6-8-14)27-11-26-16-20(23)24-10-25-21(16)27/h4-8,10-11,15,17,19H,9H2,1-3H3,(H2,23,24,25)/t15-,17-,19-,22-/m1/s1. The second-order valence-electron chi connectivity index (χ2n) is 7.63. The van der Waals surface area contributed by atoms with Gasteiger partial charge in [0.05, 0.1) is 0 Å². The molecule has 4 rings (SSSR count). The van der Waals surface area contributed by atoms with Gasteiger partial charge in [0.1, 0.15) is 30.9 Å². The van der Waals surface area contributed by atoms with Crippen molar-refractivity contribution in [2.45, 2.75) is 37.9 Å². The molecule has 1 saturated heterocycles. The fraction of sp³-hybridized carbons (Fsp3) is 0.364. The number of benzene rings is 1. The Morgan fingerprint density at radius 3 is 2.50 bits per heavy atom. The number of rotatable bonds is 7. The maximum absolute atomic E-state index is 14.1. The third-order valence-electron chi connectivity index (χ3n) is 5.47. The smallest absolute Gasteiger partial charge is 0.303 e. The molecule has 3 aromatic rings. The Kier molecular flexibility index (Phi) is 6.26. The number of hydrogen-bond acceptors (Lipinski definition) is 11. The number of fused-ring (bicyclic) bond motifs is 1. The van der Waals surface area contributed by atoms with E-state index >= 15 is 0 Å². The van der Waals surface area contributed by atoms with Crippen molar-refractivity contribution in [1.29, 1.82) is 0 Å². The molecule has 2 N–H and O–H groups in total. The van der Waals surface area contributed by atoms with Crippen LogP contribution in [0.25, 0.3) is 11.2 Å². The van der Waals surface area contributed by atoms with Crippen LogP contribution in [0.5, 0.6) is 0 Å². The van der Waals surface area contributed by atoms with E-state index in [9.17, 15) is 14.4 Å². The van der Waals surface area contributed by atoms with Gasteiger partial charge >= 0.3 is 11.9 Å². The quantitative estimate of drug-likeness (QED) is 0.386. The summed E-state index contributed by atoms with van der Waals surface area (Å²) in [5, 5.41) is 0. The molecule has 1 aliphatic rings. The number of nitrogens with two attached hydrogens (primary N) is 1. The molecule has 178 valence electrons. The van der Waals surface area contributed by atoms with Gasteiger partial charge in [0.25, 0.3) is 0 Å². The first kappa shape index (κ1) is 23.3. The first-order chi connectivity index (χ1) is 16.3. The molecular formula is C22H23N5O7. The van der Waals surface area contributed by atoms with Crippen LogP contribution in [0, 0.1) is 0 Å². The fourth-order valence-corrected chi connectivity index (χ4v) is 4.11. The van der Waals surface area contributed by atoms with Gasteiger partial charge in [0.15, 0.2) is 23.7 Å². The third-order valence-corrected chi connectivity index (χ3v) is 5.47. The van der Waals surface area contributed by atoms with Crippen molar-refractivity contribution in [3.8, 4) is 0 Å². The van der Waals surface area contributed by atoms with E-state index in [1.54, 1.807) is 30.3 Å². The fourth-order valence-electron chi connectivity index (χ4n) is 4.11. The molecule has 12 nitrogen and oxygen atoms in total. The summed E-state index contributed by atoms with van der Waals surface area (Å²) in [6.45, 7) is 2.16. The highest BCUT2D eigenvalue weighted by Gasteiger charge is 2.64. The molecule has 2 aromatic heterocycles. The summed E-state index contributed by atoms with van der Waals surface area (Å²) >= 11 is 0. The van der Waals surface area contributed by atoms with E-state index in [-0.39, 0.29) is 23.6 Å².